The fourth-order valence-corrected chi connectivity index (χ4v) is 8.05. The maximum atomic E-state index is 14.3. The van der Waals surface area contributed by atoms with Crippen LogP contribution in [0.25, 0.3) is 11.1 Å². The van der Waals surface area contributed by atoms with Gasteiger partial charge in [-0.15, -0.1) is 0 Å². The molecule has 1 aliphatic carbocycles. The van der Waals surface area contributed by atoms with Crippen molar-refractivity contribution in [3.05, 3.63) is 72.0 Å². The topological polar surface area (TPSA) is 96.4 Å². The molecule has 15 heteroatoms. The Morgan fingerprint density at radius 2 is 1.73 bits per heavy atom. The van der Waals surface area contributed by atoms with Gasteiger partial charge in [0.25, 0.3) is 10.0 Å². The van der Waals surface area contributed by atoms with Gasteiger partial charge in [-0.25, -0.2) is 12.8 Å². The highest BCUT2D eigenvalue weighted by atomic mass is 32.2. The minimum absolute atomic E-state index is 0.0464. The number of halogens is 6. The third-order valence-electron chi connectivity index (χ3n) is 8.42. The Bertz CT molecular complexity index is 1720. The summed E-state index contributed by atoms with van der Waals surface area (Å²) in [5.74, 6) is -2.65. The smallest absolute Gasteiger partial charge is 0.416 e. The third kappa shape index (κ3) is 6.15. The van der Waals surface area contributed by atoms with Gasteiger partial charge in [0.05, 0.1) is 28.6 Å². The van der Waals surface area contributed by atoms with Gasteiger partial charge < -0.3 is 14.6 Å². The molecule has 3 aromatic carbocycles. The molecule has 3 fully saturated rings. The lowest BCUT2D eigenvalue weighted by molar-refractivity contribution is -0.160. The number of benzene rings is 3. The lowest BCUT2D eigenvalue weighted by atomic mass is 9.61. The second kappa shape index (κ2) is 11.4. The standard InChI is InChI=1S/C30H26F6N2O6S/c31-21-7-17(8-22(11-21)44-29(32)33)16-4-5-26-25(9-16)38(45(41,42)24-3-1-2-20(10-24)30(34,35)36)15-23(43-26)14-37-12-18-6-19(13-37)27(18)28(39)40/h1-5,7-11,18-19,23,27,29H,6,12-15H2,(H,39,40)/t18?,19?,23-,27?/m0/s1. The van der Waals surface area contributed by atoms with Crippen LogP contribution in [0.5, 0.6) is 11.5 Å². The molecule has 3 aromatic rings. The van der Waals surface area contributed by atoms with E-state index in [1.54, 1.807) is 0 Å². The number of fused-ring (bicyclic) bond motifs is 3. The van der Waals surface area contributed by atoms with Crippen molar-refractivity contribution < 1.29 is 54.1 Å². The molecule has 0 radical (unpaired) electrons. The zero-order valence-electron chi connectivity index (χ0n) is 23.3. The van der Waals surface area contributed by atoms with E-state index >= 15 is 0 Å². The molecule has 2 bridgehead atoms. The van der Waals surface area contributed by atoms with E-state index in [2.05, 4.69) is 4.74 Å². The lowest BCUT2D eigenvalue weighted by Crippen LogP contribution is -2.60. The largest absolute Gasteiger partial charge is 0.485 e. The van der Waals surface area contributed by atoms with E-state index in [4.69, 9.17) is 4.74 Å². The maximum absolute atomic E-state index is 14.3. The van der Waals surface area contributed by atoms with E-state index in [0.29, 0.717) is 19.2 Å². The van der Waals surface area contributed by atoms with Crippen molar-refractivity contribution in [3.8, 4) is 22.6 Å². The summed E-state index contributed by atoms with van der Waals surface area (Å²) < 4.78 is 120. The second-order valence-corrected chi connectivity index (χ2v) is 13.2. The number of hydrogen-bond acceptors (Lipinski definition) is 6. The van der Waals surface area contributed by atoms with Gasteiger partial charge in [0, 0.05) is 25.7 Å². The van der Waals surface area contributed by atoms with Crippen molar-refractivity contribution in [2.75, 3.05) is 30.5 Å². The Kier molecular flexibility index (Phi) is 7.88. The fraction of sp³-hybridized carbons (Fsp3) is 0.367. The summed E-state index contributed by atoms with van der Waals surface area (Å²) in [5.41, 5.74) is -0.926. The summed E-state index contributed by atoms with van der Waals surface area (Å²) in [4.78, 5) is 12.9. The molecule has 1 saturated carbocycles. The van der Waals surface area contributed by atoms with Gasteiger partial charge in [-0.2, -0.15) is 22.0 Å². The van der Waals surface area contributed by atoms with Crippen LogP contribution in [0.2, 0.25) is 0 Å². The molecular weight excluding hydrogens is 630 g/mol. The second-order valence-electron chi connectivity index (χ2n) is 11.4. The zero-order valence-corrected chi connectivity index (χ0v) is 24.1. The molecule has 0 aromatic heterocycles. The van der Waals surface area contributed by atoms with E-state index in [1.807, 2.05) is 4.90 Å². The van der Waals surface area contributed by atoms with Crippen molar-refractivity contribution >= 4 is 21.7 Å². The molecule has 45 heavy (non-hydrogen) atoms. The van der Waals surface area contributed by atoms with Crippen LogP contribution < -0.4 is 13.8 Å². The molecule has 240 valence electrons. The van der Waals surface area contributed by atoms with Gasteiger partial charge in [0.2, 0.25) is 0 Å². The number of carboxylic acid groups (broad SMARTS) is 1. The van der Waals surface area contributed by atoms with E-state index in [1.165, 1.54) is 18.2 Å². The minimum atomic E-state index is -4.80. The van der Waals surface area contributed by atoms with Gasteiger partial charge in [0.15, 0.2) is 0 Å². The van der Waals surface area contributed by atoms with Crippen LogP contribution in [0.1, 0.15) is 12.0 Å². The SMILES string of the molecule is O=C(O)C1C2CC1CN(C[C@H]1CN(S(=O)(=O)c3cccc(C(F)(F)F)c3)c3cc(-c4cc(F)cc(OC(F)F)c4)ccc3O1)C2. The normalized spacial score (nSPS) is 23.2. The first-order chi connectivity index (χ1) is 21.2. The van der Waals surface area contributed by atoms with E-state index < -0.39 is 62.8 Å². The van der Waals surface area contributed by atoms with Crippen LogP contribution in [0.3, 0.4) is 0 Å². The number of ether oxygens (including phenoxy) is 2. The van der Waals surface area contributed by atoms with Crippen molar-refractivity contribution in [3.63, 3.8) is 0 Å². The highest BCUT2D eigenvalue weighted by molar-refractivity contribution is 7.92. The van der Waals surface area contributed by atoms with Crippen molar-refractivity contribution in [1.29, 1.82) is 0 Å². The Labute approximate surface area is 253 Å². The Morgan fingerprint density at radius 1 is 1.00 bits per heavy atom. The summed E-state index contributed by atoms with van der Waals surface area (Å²) in [5, 5.41) is 9.48. The van der Waals surface area contributed by atoms with Gasteiger partial charge >= 0.3 is 18.8 Å². The number of sulfonamides is 1. The quantitative estimate of drug-likeness (QED) is 0.310. The fourth-order valence-electron chi connectivity index (χ4n) is 6.50. The molecule has 3 atom stereocenters. The molecule has 2 saturated heterocycles. The van der Waals surface area contributed by atoms with Crippen LogP contribution in [-0.2, 0) is 21.0 Å². The summed E-state index contributed by atoms with van der Waals surface area (Å²) in [6.07, 6.45) is -4.79. The van der Waals surface area contributed by atoms with Gasteiger partial charge in [-0.3, -0.25) is 14.0 Å². The van der Waals surface area contributed by atoms with Crippen molar-refractivity contribution in [2.45, 2.75) is 30.2 Å². The van der Waals surface area contributed by atoms with E-state index in [0.717, 1.165) is 47.1 Å². The van der Waals surface area contributed by atoms with Crippen LogP contribution in [0, 0.1) is 23.6 Å². The number of carboxylic acids is 1. The molecular formula is C30H26F6N2O6S. The molecule has 3 aliphatic heterocycles. The summed E-state index contributed by atoms with van der Waals surface area (Å²) in [6, 6.07) is 10.5. The first kappa shape index (κ1) is 31.0. The van der Waals surface area contributed by atoms with Gasteiger partial charge in [0.1, 0.15) is 23.4 Å². The first-order valence-electron chi connectivity index (χ1n) is 13.9. The van der Waals surface area contributed by atoms with Crippen LogP contribution in [-0.4, -0.2) is 63.3 Å². The predicted octanol–water partition coefficient (Wildman–Crippen LogP) is 5.72. The Balaban J connectivity index is 1.36. The van der Waals surface area contributed by atoms with Crippen LogP contribution in [0.15, 0.2) is 65.6 Å². The summed E-state index contributed by atoms with van der Waals surface area (Å²) in [7, 11) is -4.63. The van der Waals surface area contributed by atoms with Crippen LogP contribution >= 0.6 is 0 Å². The average Bonchev–Trinajstić information content (AvgIpc) is 2.95. The number of nitrogens with zero attached hydrogens (tertiary/aromatic N) is 2. The summed E-state index contributed by atoms with van der Waals surface area (Å²) >= 11 is 0. The molecule has 2 unspecified atom stereocenters. The third-order valence-corrected chi connectivity index (χ3v) is 10.2. The number of aliphatic carboxylic acids is 1. The predicted molar refractivity (Wildman–Crippen MR) is 148 cm³/mol. The zero-order chi connectivity index (χ0) is 32.3. The number of alkyl halides is 5. The number of carbonyl (C=O) groups is 1. The van der Waals surface area contributed by atoms with E-state index in [-0.39, 0.29) is 47.5 Å². The number of anilines is 1. The van der Waals surface area contributed by atoms with Gasteiger partial charge in [-0.05, 0) is 71.8 Å². The highest BCUT2D eigenvalue weighted by Gasteiger charge is 2.51. The molecule has 8 nitrogen and oxygen atoms in total. The number of hydrogen-bond donors (Lipinski definition) is 1. The minimum Gasteiger partial charge on any atom is -0.485 e. The number of rotatable bonds is 8. The molecule has 4 aliphatic rings. The first-order valence-corrected chi connectivity index (χ1v) is 15.3. The average molecular weight is 657 g/mol. The van der Waals surface area contributed by atoms with E-state index in [9.17, 15) is 44.7 Å². The highest BCUT2D eigenvalue weighted by Crippen LogP contribution is 2.46. The van der Waals surface area contributed by atoms with Crippen molar-refractivity contribution in [2.24, 2.45) is 17.8 Å². The Hall–Kier alpha value is -3.98. The molecule has 3 heterocycles. The van der Waals surface area contributed by atoms with Crippen LogP contribution in [0.4, 0.5) is 32.0 Å². The molecule has 1 N–H and O–H groups in total. The molecule has 0 amide bonds. The lowest BCUT2D eigenvalue weighted by Gasteiger charge is -2.52. The van der Waals surface area contributed by atoms with Crippen molar-refractivity contribution in [1.82, 2.24) is 4.90 Å². The van der Waals surface area contributed by atoms with Gasteiger partial charge in [-0.1, -0.05) is 12.1 Å². The molecule has 0 spiro atoms. The number of piperidine rings is 2. The summed E-state index contributed by atoms with van der Waals surface area (Å²) in [6.45, 7) is -2.34. The maximum Gasteiger partial charge on any atom is 0.416 e. The Morgan fingerprint density at radius 3 is 2.40 bits per heavy atom. The monoisotopic (exact) mass is 656 g/mol. The molecule has 7 rings (SSSR count).